The second-order valence-corrected chi connectivity index (χ2v) is 9.13. The first-order valence-corrected chi connectivity index (χ1v) is 12.4. The number of ether oxygens (including phenoxy) is 3. The van der Waals surface area contributed by atoms with Crippen LogP contribution >= 0.6 is 0 Å². The molecule has 1 aliphatic heterocycles. The fourth-order valence-electron chi connectivity index (χ4n) is 3.76. The second-order valence-electron chi connectivity index (χ2n) is 9.13. The molecule has 0 aromatic heterocycles. The monoisotopic (exact) mass is 509 g/mol. The lowest BCUT2D eigenvalue weighted by atomic mass is 10.0. The minimum absolute atomic E-state index is 0.0842. The summed E-state index contributed by atoms with van der Waals surface area (Å²) in [6, 6.07) is 15.1. The lowest BCUT2D eigenvalue weighted by molar-refractivity contribution is -0.122. The number of morpholine rings is 1. The van der Waals surface area contributed by atoms with Gasteiger partial charge in [0.25, 0.3) is 0 Å². The SMILES string of the molecule is COc1ccc(C(=O)C(=CN2CCOCC2)NC(=O)[C@H](CC(C)C)NC(=O)OCc2ccccc2)cc1. The molecule has 37 heavy (non-hydrogen) atoms. The van der Waals surface area contributed by atoms with Gasteiger partial charge in [0.15, 0.2) is 0 Å². The number of Topliss-reactive ketones (excluding diaryl/α,β-unsaturated/α-hetero) is 1. The Morgan fingerprint density at radius 1 is 1.03 bits per heavy atom. The van der Waals surface area contributed by atoms with Crippen LogP contribution in [0.5, 0.6) is 5.75 Å². The van der Waals surface area contributed by atoms with Gasteiger partial charge in [0, 0.05) is 24.9 Å². The van der Waals surface area contributed by atoms with E-state index in [0.29, 0.717) is 44.0 Å². The van der Waals surface area contributed by atoms with Crippen molar-refractivity contribution in [3.63, 3.8) is 0 Å². The van der Waals surface area contributed by atoms with E-state index in [1.807, 2.05) is 49.1 Å². The first kappa shape index (κ1) is 27.7. The van der Waals surface area contributed by atoms with Crippen LogP contribution in [0.4, 0.5) is 4.79 Å². The van der Waals surface area contributed by atoms with Gasteiger partial charge in [-0.25, -0.2) is 4.79 Å². The molecule has 2 aromatic carbocycles. The van der Waals surface area contributed by atoms with E-state index in [0.717, 1.165) is 5.56 Å². The van der Waals surface area contributed by atoms with Crippen LogP contribution in [0.15, 0.2) is 66.5 Å². The number of hydrogen-bond donors (Lipinski definition) is 2. The zero-order valence-corrected chi connectivity index (χ0v) is 21.6. The Morgan fingerprint density at radius 2 is 1.70 bits per heavy atom. The molecule has 1 fully saturated rings. The molecule has 2 amide bonds. The molecule has 0 bridgehead atoms. The molecule has 0 radical (unpaired) electrons. The Morgan fingerprint density at radius 3 is 2.32 bits per heavy atom. The van der Waals surface area contributed by atoms with E-state index in [9.17, 15) is 14.4 Å². The summed E-state index contributed by atoms with van der Waals surface area (Å²) < 4.78 is 15.9. The van der Waals surface area contributed by atoms with Crippen molar-refractivity contribution in [1.82, 2.24) is 15.5 Å². The van der Waals surface area contributed by atoms with Gasteiger partial charge in [0.05, 0.1) is 20.3 Å². The second kappa shape index (κ2) is 14.0. The van der Waals surface area contributed by atoms with Crippen molar-refractivity contribution in [2.45, 2.75) is 32.9 Å². The van der Waals surface area contributed by atoms with Crippen molar-refractivity contribution in [1.29, 1.82) is 0 Å². The quantitative estimate of drug-likeness (QED) is 0.353. The number of alkyl carbamates (subject to hydrolysis) is 1. The van der Waals surface area contributed by atoms with Crippen molar-refractivity contribution >= 4 is 17.8 Å². The normalized spacial score (nSPS) is 14.6. The average molecular weight is 510 g/mol. The van der Waals surface area contributed by atoms with Crippen LogP contribution < -0.4 is 15.4 Å². The number of allylic oxidation sites excluding steroid dienone is 1. The number of nitrogens with zero attached hydrogens (tertiary/aromatic N) is 1. The van der Waals surface area contributed by atoms with Crippen LogP contribution in [0.1, 0.15) is 36.2 Å². The first-order chi connectivity index (χ1) is 17.9. The topological polar surface area (TPSA) is 106 Å². The van der Waals surface area contributed by atoms with Gasteiger partial charge >= 0.3 is 6.09 Å². The van der Waals surface area contributed by atoms with Gasteiger partial charge in [-0.1, -0.05) is 44.2 Å². The Labute approximate surface area is 217 Å². The molecule has 0 aliphatic carbocycles. The Balaban J connectivity index is 1.74. The number of amides is 2. The van der Waals surface area contributed by atoms with Gasteiger partial charge in [0.1, 0.15) is 24.1 Å². The van der Waals surface area contributed by atoms with Crippen LogP contribution in [-0.4, -0.2) is 62.1 Å². The van der Waals surface area contributed by atoms with Crippen LogP contribution in [-0.2, 0) is 20.9 Å². The molecule has 1 atom stereocenters. The molecule has 2 aromatic rings. The number of carbonyl (C=O) groups is 3. The Hall–Kier alpha value is -3.85. The van der Waals surface area contributed by atoms with Gasteiger partial charge in [-0.05, 0) is 42.2 Å². The zero-order chi connectivity index (χ0) is 26.6. The number of carbonyl (C=O) groups excluding carboxylic acids is 3. The smallest absolute Gasteiger partial charge is 0.408 e. The van der Waals surface area contributed by atoms with Gasteiger partial charge in [-0.2, -0.15) is 0 Å². The molecule has 0 saturated carbocycles. The highest BCUT2D eigenvalue weighted by Crippen LogP contribution is 2.16. The molecule has 1 aliphatic rings. The third-order valence-corrected chi connectivity index (χ3v) is 5.74. The van der Waals surface area contributed by atoms with Gasteiger partial charge in [-0.15, -0.1) is 0 Å². The van der Waals surface area contributed by atoms with Crippen LogP contribution in [0, 0.1) is 5.92 Å². The minimum atomic E-state index is -0.889. The lowest BCUT2D eigenvalue weighted by Gasteiger charge is -2.27. The van der Waals surface area contributed by atoms with Crippen molar-refractivity contribution in [2.75, 3.05) is 33.4 Å². The fourth-order valence-corrected chi connectivity index (χ4v) is 3.76. The molecule has 198 valence electrons. The first-order valence-electron chi connectivity index (χ1n) is 12.4. The lowest BCUT2D eigenvalue weighted by Crippen LogP contribution is -2.48. The summed E-state index contributed by atoms with van der Waals surface area (Å²) in [4.78, 5) is 41.2. The minimum Gasteiger partial charge on any atom is -0.497 e. The Bertz CT molecular complexity index is 1060. The van der Waals surface area contributed by atoms with Crippen molar-refractivity contribution in [3.8, 4) is 5.75 Å². The number of hydrogen-bond acceptors (Lipinski definition) is 7. The fraction of sp³-hybridized carbons (Fsp3) is 0.393. The molecule has 0 spiro atoms. The van der Waals surface area contributed by atoms with E-state index < -0.39 is 18.0 Å². The molecular weight excluding hydrogens is 474 g/mol. The maximum atomic E-state index is 13.4. The summed E-state index contributed by atoms with van der Waals surface area (Å²) in [7, 11) is 1.55. The predicted molar refractivity (Wildman–Crippen MR) is 139 cm³/mol. The molecule has 2 N–H and O–H groups in total. The largest absolute Gasteiger partial charge is 0.497 e. The third-order valence-electron chi connectivity index (χ3n) is 5.74. The number of benzene rings is 2. The van der Waals surface area contributed by atoms with E-state index in [4.69, 9.17) is 14.2 Å². The standard InChI is InChI=1S/C28H35N3O6/c1-20(2)17-24(30-28(34)37-19-21-7-5-4-6-8-21)27(33)29-25(18-31-13-15-36-16-14-31)26(32)22-9-11-23(35-3)12-10-22/h4-12,18,20,24H,13-17,19H2,1-3H3,(H,29,33)(H,30,34)/t24-/m0/s1. The van der Waals surface area contributed by atoms with Crippen LogP contribution in [0.2, 0.25) is 0 Å². The maximum Gasteiger partial charge on any atom is 0.408 e. The van der Waals surface area contributed by atoms with Gasteiger partial charge in [0.2, 0.25) is 11.7 Å². The number of nitrogens with one attached hydrogen (secondary N) is 2. The van der Waals surface area contributed by atoms with Crippen LogP contribution in [0.25, 0.3) is 0 Å². The molecule has 1 saturated heterocycles. The third kappa shape index (κ3) is 8.95. The van der Waals surface area contributed by atoms with Crippen LogP contribution in [0.3, 0.4) is 0 Å². The maximum absolute atomic E-state index is 13.4. The zero-order valence-electron chi connectivity index (χ0n) is 21.6. The summed E-state index contributed by atoms with van der Waals surface area (Å²) in [6.07, 6.45) is 1.31. The Kier molecular flexibility index (Phi) is 10.5. The average Bonchev–Trinajstić information content (AvgIpc) is 2.91. The summed E-state index contributed by atoms with van der Waals surface area (Å²) in [5.74, 6) is -0.118. The summed E-state index contributed by atoms with van der Waals surface area (Å²) >= 11 is 0. The van der Waals surface area contributed by atoms with Crippen molar-refractivity contribution in [3.05, 3.63) is 77.6 Å². The van der Waals surface area contributed by atoms with E-state index in [1.165, 1.54) is 0 Å². The highest BCUT2D eigenvalue weighted by molar-refractivity contribution is 6.10. The molecular formula is C28H35N3O6. The predicted octanol–water partition coefficient (Wildman–Crippen LogP) is 3.51. The number of ketones is 1. The number of rotatable bonds is 11. The highest BCUT2D eigenvalue weighted by atomic mass is 16.5. The van der Waals surface area contributed by atoms with E-state index >= 15 is 0 Å². The highest BCUT2D eigenvalue weighted by Gasteiger charge is 2.26. The molecule has 9 nitrogen and oxygen atoms in total. The molecule has 9 heteroatoms. The van der Waals surface area contributed by atoms with E-state index in [1.54, 1.807) is 37.6 Å². The molecule has 1 heterocycles. The van der Waals surface area contributed by atoms with Gasteiger partial charge < -0.3 is 29.7 Å². The summed E-state index contributed by atoms with van der Waals surface area (Å²) in [5.41, 5.74) is 1.35. The molecule has 3 rings (SSSR count). The van der Waals surface area contributed by atoms with Crippen molar-refractivity contribution in [2.24, 2.45) is 5.92 Å². The number of methoxy groups -OCH3 is 1. The van der Waals surface area contributed by atoms with E-state index in [-0.39, 0.29) is 24.0 Å². The van der Waals surface area contributed by atoms with Gasteiger partial charge in [-0.3, -0.25) is 9.59 Å². The summed E-state index contributed by atoms with van der Waals surface area (Å²) in [5, 5.41) is 5.42. The molecule has 0 unspecified atom stereocenters. The summed E-state index contributed by atoms with van der Waals surface area (Å²) in [6.45, 7) is 6.22. The van der Waals surface area contributed by atoms with Crippen molar-refractivity contribution < 1.29 is 28.6 Å². The van der Waals surface area contributed by atoms with E-state index in [2.05, 4.69) is 10.6 Å².